The monoisotopic (exact) mass is 688 g/mol. The second-order valence-electron chi connectivity index (χ2n) is 11.5. The maximum Gasteiger partial charge on any atom is 0.257 e. The molecule has 0 saturated heterocycles. The molecule has 2 N–H and O–H groups in total. The molecule has 0 fully saturated rings. The van der Waals surface area contributed by atoms with Gasteiger partial charge in [0, 0.05) is 40.2 Å². The van der Waals surface area contributed by atoms with Gasteiger partial charge in [-0.2, -0.15) is 0 Å². The quantitative estimate of drug-likeness (QED) is 0.145. The molecule has 2 aromatic carbocycles. The lowest BCUT2D eigenvalue weighted by atomic mass is 10.1. The van der Waals surface area contributed by atoms with Crippen LogP contribution in [0.2, 0.25) is 0 Å². The van der Waals surface area contributed by atoms with E-state index in [1.54, 1.807) is 48.8 Å². The van der Waals surface area contributed by atoms with E-state index in [9.17, 15) is 4.79 Å². The van der Waals surface area contributed by atoms with Crippen molar-refractivity contribution in [1.82, 2.24) is 20.3 Å². The van der Waals surface area contributed by atoms with Crippen molar-refractivity contribution in [3.63, 3.8) is 0 Å². The van der Waals surface area contributed by atoms with Crippen LogP contribution < -0.4 is 24.7 Å². The van der Waals surface area contributed by atoms with Crippen molar-refractivity contribution < 1.29 is 32.8 Å². The molecule has 0 atom stereocenters. The van der Waals surface area contributed by atoms with Crippen LogP contribution in [0.25, 0.3) is 27.1 Å². The fraction of sp³-hybridized carbons (Fsp3) is 0.211. The zero-order chi connectivity index (χ0) is 36.8. The molecule has 0 radical (unpaired) electrons. The van der Waals surface area contributed by atoms with Crippen LogP contribution in [-0.4, -0.2) is 40.4 Å². The molecule has 51 heavy (non-hydrogen) atoms. The normalized spacial score (nSPS) is 10.5. The first-order valence-electron chi connectivity index (χ1n) is 15.6. The summed E-state index contributed by atoms with van der Waals surface area (Å²) in [5.74, 6) is 3.52. The summed E-state index contributed by atoms with van der Waals surface area (Å²) in [5, 5.41) is 7.95. The second-order valence-corrected chi connectivity index (χ2v) is 11.5. The Morgan fingerprint density at radius 1 is 0.686 bits per heavy atom. The molecule has 13 heteroatoms. The number of hydrogen-bond acceptors (Lipinski definition) is 11. The first-order chi connectivity index (χ1) is 24.4. The van der Waals surface area contributed by atoms with Crippen molar-refractivity contribution in [3.05, 3.63) is 112 Å². The lowest BCUT2D eigenvalue weighted by molar-refractivity contribution is 0.1000. The Hall–Kier alpha value is -6.68. The number of amides is 1. The average molecular weight is 689 g/mol. The largest absolute Gasteiger partial charge is 0.478 e. The maximum atomic E-state index is 11.4. The number of primary amides is 1. The number of benzene rings is 2. The van der Waals surface area contributed by atoms with Crippen LogP contribution in [-0.2, 0) is 0 Å². The van der Waals surface area contributed by atoms with Gasteiger partial charge in [0.25, 0.3) is 11.8 Å². The van der Waals surface area contributed by atoms with Crippen molar-refractivity contribution >= 4 is 11.6 Å². The first-order valence-corrected chi connectivity index (χ1v) is 15.6. The molecule has 4 heterocycles. The van der Waals surface area contributed by atoms with Gasteiger partial charge in [-0.25, -0.2) is 14.8 Å². The lowest BCUT2D eigenvalue weighted by Gasteiger charge is -2.13. The zero-order valence-electron chi connectivity index (χ0n) is 29.4. The number of aryl methyl sites for hydroxylation is 6. The van der Waals surface area contributed by atoms with E-state index in [1.165, 1.54) is 14.2 Å². The van der Waals surface area contributed by atoms with Crippen LogP contribution in [0.15, 0.2) is 70.0 Å². The molecule has 0 aliphatic carbocycles. The number of carbonyl (C=O) groups excluding carboxylic acids is 1. The SMILES string of the molecule is COc1ncc(-c2c(C)noc2C)cc1Oc1cc(C(N)=O)ccc1C.[C-]#[N+]c1ccc(C)c(Oc2cc(-c3c(C)noc3C)cnc2OC)c1. The molecule has 260 valence electrons. The summed E-state index contributed by atoms with van der Waals surface area (Å²) in [6, 6.07) is 14.0. The standard InChI is InChI=1S/C19H19N3O4.C19H17N3O3/c1-10-5-6-13(18(20)23)7-15(10)25-16-8-14(9-21-19(16)24-4)17-11(2)22-26-12(17)3;1-11-6-7-15(20-4)9-16(11)24-17-8-14(10-21-19(17)23-5)18-12(2)22-25-13(18)3/h5-9H,1-4H3,(H2,20,23);6-10H,1-3,5H3. The number of carbonyl (C=O) groups is 1. The molecular weight excluding hydrogens is 652 g/mol. The third-order valence-corrected chi connectivity index (χ3v) is 7.88. The third kappa shape index (κ3) is 7.81. The van der Waals surface area contributed by atoms with Crippen molar-refractivity contribution in [1.29, 1.82) is 0 Å². The highest BCUT2D eigenvalue weighted by atomic mass is 16.5. The van der Waals surface area contributed by atoms with Gasteiger partial charge < -0.3 is 33.7 Å². The Balaban J connectivity index is 0.000000198. The van der Waals surface area contributed by atoms with Crippen molar-refractivity contribution in [2.24, 2.45) is 5.73 Å². The molecule has 6 aromatic rings. The van der Waals surface area contributed by atoms with E-state index in [-0.39, 0.29) is 0 Å². The summed E-state index contributed by atoms with van der Waals surface area (Å²) >= 11 is 0. The number of rotatable bonds is 9. The maximum absolute atomic E-state index is 11.4. The zero-order valence-corrected chi connectivity index (χ0v) is 29.4. The van der Waals surface area contributed by atoms with Crippen LogP contribution in [0.5, 0.6) is 34.8 Å². The molecule has 4 aromatic heterocycles. The molecule has 1 amide bonds. The molecule has 0 aliphatic heterocycles. The Morgan fingerprint density at radius 3 is 1.57 bits per heavy atom. The molecule has 0 spiro atoms. The van der Waals surface area contributed by atoms with Gasteiger partial charge in [-0.15, -0.1) is 0 Å². The summed E-state index contributed by atoms with van der Waals surface area (Å²) in [4.78, 5) is 23.5. The van der Waals surface area contributed by atoms with Gasteiger partial charge in [0.1, 0.15) is 23.0 Å². The first kappa shape index (κ1) is 35.6. The minimum atomic E-state index is -0.524. The number of methoxy groups -OCH3 is 2. The van der Waals surface area contributed by atoms with E-state index in [1.807, 2.05) is 53.7 Å². The predicted octanol–water partition coefficient (Wildman–Crippen LogP) is 8.58. The van der Waals surface area contributed by atoms with Crippen LogP contribution in [0.4, 0.5) is 5.69 Å². The minimum Gasteiger partial charge on any atom is -0.478 e. The fourth-order valence-corrected chi connectivity index (χ4v) is 5.25. The molecule has 0 saturated carbocycles. The molecule has 0 aliphatic rings. The number of nitrogens with zero attached hydrogens (tertiary/aromatic N) is 5. The molecule has 0 unspecified atom stereocenters. The van der Waals surface area contributed by atoms with Gasteiger partial charge in [0.05, 0.1) is 32.2 Å². The van der Waals surface area contributed by atoms with Gasteiger partial charge >= 0.3 is 0 Å². The molecule has 6 rings (SSSR count). The van der Waals surface area contributed by atoms with Gasteiger partial charge in [0.15, 0.2) is 17.2 Å². The van der Waals surface area contributed by atoms with Gasteiger partial charge in [-0.05, 0) is 83.0 Å². The van der Waals surface area contributed by atoms with E-state index in [0.717, 1.165) is 44.8 Å². The van der Waals surface area contributed by atoms with E-state index in [2.05, 4.69) is 25.1 Å². The van der Waals surface area contributed by atoms with Crippen molar-refractivity contribution in [2.45, 2.75) is 41.5 Å². The van der Waals surface area contributed by atoms with Crippen LogP contribution in [0.3, 0.4) is 0 Å². The molecule has 0 bridgehead atoms. The summed E-state index contributed by atoms with van der Waals surface area (Å²) in [5.41, 5.74) is 12.9. The van der Waals surface area contributed by atoms with E-state index in [4.69, 9.17) is 40.3 Å². The van der Waals surface area contributed by atoms with Crippen molar-refractivity contribution in [3.8, 4) is 57.0 Å². The van der Waals surface area contributed by atoms with Gasteiger partial charge in [0.2, 0.25) is 5.91 Å². The molecular formula is C38H36N6O7. The predicted molar refractivity (Wildman–Crippen MR) is 189 cm³/mol. The van der Waals surface area contributed by atoms with E-state index < -0.39 is 5.91 Å². The van der Waals surface area contributed by atoms with Crippen molar-refractivity contribution in [2.75, 3.05) is 14.2 Å². The third-order valence-electron chi connectivity index (χ3n) is 7.88. The highest BCUT2D eigenvalue weighted by Gasteiger charge is 2.19. The second kappa shape index (κ2) is 15.3. The highest BCUT2D eigenvalue weighted by molar-refractivity contribution is 5.93. The number of aromatic nitrogens is 4. The Morgan fingerprint density at radius 2 is 1.16 bits per heavy atom. The Kier molecular flexibility index (Phi) is 10.7. The fourth-order valence-electron chi connectivity index (χ4n) is 5.25. The molecule has 13 nitrogen and oxygen atoms in total. The lowest BCUT2D eigenvalue weighted by Crippen LogP contribution is -2.11. The van der Waals surface area contributed by atoms with Crippen LogP contribution in [0.1, 0.15) is 44.4 Å². The Labute approximate surface area is 294 Å². The summed E-state index contributed by atoms with van der Waals surface area (Å²) in [7, 11) is 3.05. The topological polar surface area (TPSA) is 162 Å². The smallest absolute Gasteiger partial charge is 0.257 e. The van der Waals surface area contributed by atoms with Crippen LogP contribution in [0, 0.1) is 48.1 Å². The van der Waals surface area contributed by atoms with Crippen LogP contribution >= 0.6 is 0 Å². The van der Waals surface area contributed by atoms with E-state index in [0.29, 0.717) is 57.5 Å². The highest BCUT2D eigenvalue weighted by Crippen LogP contribution is 2.39. The average Bonchev–Trinajstić information content (AvgIpc) is 3.64. The summed E-state index contributed by atoms with van der Waals surface area (Å²) < 4.78 is 33.1. The van der Waals surface area contributed by atoms with E-state index >= 15 is 0 Å². The summed E-state index contributed by atoms with van der Waals surface area (Å²) in [6.07, 6.45) is 3.37. The number of hydrogen-bond donors (Lipinski definition) is 1. The number of nitrogens with two attached hydrogens (primary N) is 1. The minimum absolute atomic E-state index is 0.324. The number of pyridine rings is 2. The summed E-state index contributed by atoms with van der Waals surface area (Å²) in [6.45, 7) is 18.4. The number of ether oxygens (including phenoxy) is 4. The Bertz CT molecular complexity index is 2230. The van der Waals surface area contributed by atoms with Gasteiger partial charge in [-0.1, -0.05) is 28.5 Å². The van der Waals surface area contributed by atoms with Gasteiger partial charge in [-0.3, -0.25) is 4.79 Å².